The predicted octanol–water partition coefficient (Wildman–Crippen LogP) is 10.4. The minimum Gasteiger partial charge on any atom is -0.379 e. The Morgan fingerprint density at radius 3 is 1.94 bits per heavy atom. The maximum Gasteiger partial charge on any atom is 0.0963 e. The molecule has 0 saturated carbocycles. The second-order valence-electron chi connectivity index (χ2n) is 12.6. The molecule has 4 aromatic carbocycles. The summed E-state index contributed by atoms with van der Waals surface area (Å²) in [6.07, 6.45) is 10.1. The lowest BCUT2D eigenvalue weighted by molar-refractivity contribution is 1.10. The molecule has 6 nitrogen and oxygen atoms in total. The zero-order valence-electron chi connectivity index (χ0n) is 27.0. The second kappa shape index (κ2) is 11.4. The van der Waals surface area contributed by atoms with E-state index < -0.39 is 0 Å². The second-order valence-corrected chi connectivity index (χ2v) is 12.6. The summed E-state index contributed by atoms with van der Waals surface area (Å²) in [4.78, 5) is 14.3. The average molecular weight is 643 g/mol. The average Bonchev–Trinajstić information content (AvgIpc) is 3.71. The zero-order chi connectivity index (χ0) is 33.0. The third-order valence-corrected chi connectivity index (χ3v) is 9.70. The van der Waals surface area contributed by atoms with Gasteiger partial charge in [-0.25, -0.2) is 0 Å². The van der Waals surface area contributed by atoms with E-state index in [9.17, 15) is 0 Å². The topological polar surface area (TPSA) is 60.6 Å². The van der Waals surface area contributed by atoms with Crippen LogP contribution in [0.25, 0.3) is 83.9 Å². The highest BCUT2D eigenvalue weighted by Gasteiger charge is 2.18. The standard InChI is InChI=1S/C44H30N6/c1-3-12-39-35(10-1)43-41(14-6-24-45-43)49(39)33-20-16-29(17-21-33)31-18-22-37(47-27-31)38-23-19-32(28-48-38)30-8-5-9-34(26-30)50-40-13-4-2-11-36(40)44-42(50)15-7-25-46-44/h1-23,25-28,45H,24H2. The van der Waals surface area contributed by atoms with Gasteiger partial charge < -0.3 is 14.5 Å². The van der Waals surface area contributed by atoms with Crippen molar-refractivity contribution in [2.45, 2.75) is 0 Å². The molecule has 10 rings (SSSR count). The summed E-state index contributed by atoms with van der Waals surface area (Å²) in [5.41, 5.74) is 15.0. The number of para-hydroxylation sites is 2. The molecular weight excluding hydrogens is 613 g/mol. The van der Waals surface area contributed by atoms with E-state index in [2.05, 4.69) is 154 Å². The van der Waals surface area contributed by atoms with Gasteiger partial charge in [-0.3, -0.25) is 15.0 Å². The van der Waals surface area contributed by atoms with Crippen molar-refractivity contribution >= 4 is 44.6 Å². The first-order valence-corrected chi connectivity index (χ1v) is 16.8. The van der Waals surface area contributed by atoms with Crippen molar-refractivity contribution in [1.29, 1.82) is 0 Å². The normalized spacial score (nSPS) is 12.4. The van der Waals surface area contributed by atoms with E-state index in [0.717, 1.165) is 73.5 Å². The van der Waals surface area contributed by atoms with Gasteiger partial charge in [-0.2, -0.15) is 0 Å². The fraction of sp³-hybridized carbons (Fsp3) is 0.0227. The molecule has 0 unspecified atom stereocenters. The van der Waals surface area contributed by atoms with Gasteiger partial charge in [-0.1, -0.05) is 78.9 Å². The summed E-state index contributed by atoms with van der Waals surface area (Å²) in [5.74, 6) is 0. The fourth-order valence-electron chi connectivity index (χ4n) is 7.33. The van der Waals surface area contributed by atoms with Crippen molar-refractivity contribution in [2.75, 3.05) is 11.9 Å². The summed E-state index contributed by atoms with van der Waals surface area (Å²) in [6.45, 7) is 0.846. The van der Waals surface area contributed by atoms with Crippen LogP contribution in [0.5, 0.6) is 0 Å². The largest absolute Gasteiger partial charge is 0.379 e. The molecule has 6 heterocycles. The number of hydrogen-bond donors (Lipinski definition) is 1. The maximum absolute atomic E-state index is 4.83. The molecular formula is C44H30N6. The highest BCUT2D eigenvalue weighted by Crippen LogP contribution is 2.37. The minimum absolute atomic E-state index is 0.839. The Morgan fingerprint density at radius 2 is 1.18 bits per heavy atom. The van der Waals surface area contributed by atoms with Gasteiger partial charge >= 0.3 is 0 Å². The zero-order valence-corrected chi connectivity index (χ0v) is 27.0. The number of benzene rings is 4. The molecule has 1 aliphatic heterocycles. The highest BCUT2D eigenvalue weighted by atomic mass is 15.0. The van der Waals surface area contributed by atoms with Crippen LogP contribution in [0.1, 0.15) is 5.69 Å². The molecule has 50 heavy (non-hydrogen) atoms. The van der Waals surface area contributed by atoms with Crippen LogP contribution >= 0.6 is 0 Å². The van der Waals surface area contributed by atoms with Crippen molar-refractivity contribution in [1.82, 2.24) is 24.1 Å². The van der Waals surface area contributed by atoms with E-state index >= 15 is 0 Å². The molecule has 0 atom stereocenters. The van der Waals surface area contributed by atoms with Crippen LogP contribution in [0.3, 0.4) is 0 Å². The van der Waals surface area contributed by atoms with E-state index in [1.54, 1.807) is 0 Å². The first kappa shape index (κ1) is 28.2. The van der Waals surface area contributed by atoms with Crippen molar-refractivity contribution < 1.29 is 0 Å². The van der Waals surface area contributed by atoms with Crippen molar-refractivity contribution in [3.05, 3.63) is 164 Å². The molecule has 5 aromatic heterocycles. The van der Waals surface area contributed by atoms with Gasteiger partial charge in [0.15, 0.2) is 0 Å². The highest BCUT2D eigenvalue weighted by molar-refractivity contribution is 6.07. The quantitative estimate of drug-likeness (QED) is 0.203. The van der Waals surface area contributed by atoms with Crippen LogP contribution in [0.15, 0.2) is 158 Å². The number of aromatic nitrogens is 5. The first-order valence-electron chi connectivity index (χ1n) is 16.8. The Hall–Kier alpha value is -6.79. The van der Waals surface area contributed by atoms with Crippen LogP contribution in [-0.4, -0.2) is 30.6 Å². The molecule has 0 bridgehead atoms. The molecule has 0 aliphatic carbocycles. The summed E-state index contributed by atoms with van der Waals surface area (Å²) in [7, 11) is 0. The molecule has 6 heteroatoms. The summed E-state index contributed by atoms with van der Waals surface area (Å²) >= 11 is 0. The number of fused-ring (bicyclic) bond motifs is 6. The van der Waals surface area contributed by atoms with Gasteiger partial charge in [-0.05, 0) is 77.9 Å². The van der Waals surface area contributed by atoms with E-state index in [1.807, 2.05) is 24.7 Å². The molecule has 0 fully saturated rings. The van der Waals surface area contributed by atoms with E-state index in [1.165, 1.54) is 22.3 Å². The maximum atomic E-state index is 4.83. The molecule has 236 valence electrons. The molecule has 0 amide bonds. The van der Waals surface area contributed by atoms with Gasteiger partial charge in [0, 0.05) is 58.4 Å². The first-order chi connectivity index (χ1) is 24.8. The van der Waals surface area contributed by atoms with E-state index in [4.69, 9.17) is 15.0 Å². The van der Waals surface area contributed by atoms with Crippen LogP contribution in [0.4, 0.5) is 5.69 Å². The molecule has 1 N–H and O–H groups in total. The van der Waals surface area contributed by atoms with Crippen molar-refractivity contribution in [2.24, 2.45) is 0 Å². The van der Waals surface area contributed by atoms with Gasteiger partial charge in [0.1, 0.15) is 0 Å². The van der Waals surface area contributed by atoms with Gasteiger partial charge in [0.25, 0.3) is 0 Å². The third-order valence-electron chi connectivity index (χ3n) is 9.70. The number of rotatable bonds is 5. The Bertz CT molecular complexity index is 2680. The Balaban J connectivity index is 0.915. The van der Waals surface area contributed by atoms with Crippen molar-refractivity contribution in [3.63, 3.8) is 0 Å². The van der Waals surface area contributed by atoms with Crippen LogP contribution < -0.4 is 5.32 Å². The van der Waals surface area contributed by atoms with Crippen molar-refractivity contribution in [3.8, 4) is 45.0 Å². The Kier molecular flexibility index (Phi) is 6.45. The molecule has 1 aliphatic rings. The number of nitrogens with one attached hydrogen (secondary N) is 1. The molecule has 9 aromatic rings. The van der Waals surface area contributed by atoms with Crippen LogP contribution in [0.2, 0.25) is 0 Å². The number of pyridine rings is 3. The number of anilines is 1. The lowest BCUT2D eigenvalue weighted by atomic mass is 10.0. The van der Waals surface area contributed by atoms with Gasteiger partial charge in [0.05, 0.1) is 44.8 Å². The van der Waals surface area contributed by atoms with Gasteiger partial charge in [0.2, 0.25) is 0 Å². The van der Waals surface area contributed by atoms with E-state index in [0.29, 0.717) is 0 Å². The van der Waals surface area contributed by atoms with E-state index in [-0.39, 0.29) is 0 Å². The monoisotopic (exact) mass is 642 g/mol. The number of nitrogens with zero attached hydrogens (tertiary/aromatic N) is 5. The lowest BCUT2D eigenvalue weighted by Crippen LogP contribution is -2.05. The minimum atomic E-state index is 0.839. The predicted molar refractivity (Wildman–Crippen MR) is 205 cm³/mol. The lowest BCUT2D eigenvalue weighted by Gasteiger charge is -2.13. The van der Waals surface area contributed by atoms with Gasteiger partial charge in [-0.15, -0.1) is 0 Å². The SMILES string of the molecule is C1=Cc2c(c3ccccc3n2-c2ccc(-c3ccc(-c4ccc(-c5cccc(-n6c7ccccc7c7ncccc76)c5)cn4)nc3)cc2)NC1. The summed E-state index contributed by atoms with van der Waals surface area (Å²) in [5, 5.41) is 5.94. The number of hydrogen-bond acceptors (Lipinski definition) is 4. The fourth-order valence-corrected chi connectivity index (χ4v) is 7.33. The summed E-state index contributed by atoms with van der Waals surface area (Å²) < 4.78 is 4.61. The molecule has 0 spiro atoms. The third kappa shape index (κ3) is 4.54. The molecule has 0 radical (unpaired) electrons. The molecule has 0 saturated heterocycles. The Labute approximate surface area is 288 Å². The van der Waals surface area contributed by atoms with Crippen LogP contribution in [-0.2, 0) is 0 Å². The smallest absolute Gasteiger partial charge is 0.0963 e. The Morgan fingerprint density at radius 1 is 0.500 bits per heavy atom. The summed E-state index contributed by atoms with van der Waals surface area (Å²) in [6, 6.07) is 46.8. The van der Waals surface area contributed by atoms with Crippen LogP contribution in [0, 0.1) is 0 Å².